The molecule has 0 bridgehead atoms. The number of benzene rings is 1. The van der Waals surface area contributed by atoms with Crippen molar-refractivity contribution in [3.8, 4) is 5.75 Å². The van der Waals surface area contributed by atoms with E-state index in [2.05, 4.69) is 0 Å². The van der Waals surface area contributed by atoms with E-state index in [1.165, 1.54) is 11.3 Å². The third-order valence-corrected chi connectivity index (χ3v) is 3.46. The standard InChI is InChI=1S/C15H16O2S/c1-10(2)17-13-7-5-4-6-12(13)15(16)14-9-8-11(3)18-14/h4-10H,1-3H3. The molecule has 0 atom stereocenters. The zero-order valence-electron chi connectivity index (χ0n) is 10.8. The quantitative estimate of drug-likeness (QED) is 0.774. The molecule has 0 fully saturated rings. The fourth-order valence-electron chi connectivity index (χ4n) is 1.70. The molecular formula is C15H16O2S. The summed E-state index contributed by atoms with van der Waals surface area (Å²) in [5.41, 5.74) is 0.632. The van der Waals surface area contributed by atoms with E-state index in [0.29, 0.717) is 11.3 Å². The largest absolute Gasteiger partial charge is 0.490 e. The minimum absolute atomic E-state index is 0.0318. The third-order valence-electron chi connectivity index (χ3n) is 2.46. The van der Waals surface area contributed by atoms with Crippen LogP contribution in [0.5, 0.6) is 5.75 Å². The van der Waals surface area contributed by atoms with Crippen molar-refractivity contribution in [2.45, 2.75) is 26.9 Å². The number of hydrogen-bond acceptors (Lipinski definition) is 3. The van der Waals surface area contributed by atoms with Crippen LogP contribution in [0, 0.1) is 6.92 Å². The number of ether oxygens (including phenoxy) is 1. The van der Waals surface area contributed by atoms with E-state index in [4.69, 9.17) is 4.74 Å². The number of rotatable bonds is 4. The van der Waals surface area contributed by atoms with Gasteiger partial charge in [-0.15, -0.1) is 11.3 Å². The third kappa shape index (κ3) is 2.79. The Labute approximate surface area is 111 Å². The van der Waals surface area contributed by atoms with Crippen LogP contribution in [0.1, 0.15) is 34.0 Å². The first kappa shape index (κ1) is 12.8. The van der Waals surface area contributed by atoms with Gasteiger partial charge in [-0.05, 0) is 45.0 Å². The number of aryl methyl sites for hydroxylation is 1. The van der Waals surface area contributed by atoms with Crippen molar-refractivity contribution in [1.82, 2.24) is 0 Å². The summed E-state index contributed by atoms with van der Waals surface area (Å²) in [6.07, 6.45) is 0.0593. The van der Waals surface area contributed by atoms with Crippen LogP contribution < -0.4 is 4.74 Å². The Hall–Kier alpha value is -1.61. The van der Waals surface area contributed by atoms with E-state index in [1.807, 2.05) is 57.2 Å². The van der Waals surface area contributed by atoms with E-state index in [9.17, 15) is 4.79 Å². The van der Waals surface area contributed by atoms with Gasteiger partial charge in [0.15, 0.2) is 0 Å². The highest BCUT2D eigenvalue weighted by Gasteiger charge is 2.16. The summed E-state index contributed by atoms with van der Waals surface area (Å²) in [6, 6.07) is 11.2. The molecule has 2 rings (SSSR count). The van der Waals surface area contributed by atoms with E-state index in [-0.39, 0.29) is 11.9 Å². The van der Waals surface area contributed by atoms with Gasteiger partial charge < -0.3 is 4.74 Å². The summed E-state index contributed by atoms with van der Waals surface area (Å²) in [5.74, 6) is 0.688. The number of carbonyl (C=O) groups is 1. The molecule has 2 aromatic rings. The van der Waals surface area contributed by atoms with Crippen LogP contribution in [-0.4, -0.2) is 11.9 Å². The zero-order chi connectivity index (χ0) is 13.1. The van der Waals surface area contributed by atoms with Crippen LogP contribution in [0.3, 0.4) is 0 Å². The minimum Gasteiger partial charge on any atom is -0.490 e. The van der Waals surface area contributed by atoms with Crippen molar-refractivity contribution >= 4 is 17.1 Å². The van der Waals surface area contributed by atoms with Gasteiger partial charge >= 0.3 is 0 Å². The molecule has 0 spiro atoms. The van der Waals surface area contributed by atoms with Crippen LogP contribution in [0.15, 0.2) is 36.4 Å². The van der Waals surface area contributed by atoms with Gasteiger partial charge in [0.05, 0.1) is 16.5 Å². The molecule has 1 heterocycles. The van der Waals surface area contributed by atoms with Gasteiger partial charge in [0.2, 0.25) is 5.78 Å². The molecule has 94 valence electrons. The molecule has 0 N–H and O–H groups in total. The smallest absolute Gasteiger partial charge is 0.206 e. The van der Waals surface area contributed by atoms with Crippen LogP contribution in [0.2, 0.25) is 0 Å². The Bertz CT molecular complexity index is 555. The summed E-state index contributed by atoms with van der Waals surface area (Å²) in [6.45, 7) is 5.91. The van der Waals surface area contributed by atoms with Crippen LogP contribution in [0.25, 0.3) is 0 Å². The molecule has 0 saturated heterocycles. The molecule has 3 heteroatoms. The van der Waals surface area contributed by atoms with Crippen molar-refractivity contribution in [2.75, 3.05) is 0 Å². The van der Waals surface area contributed by atoms with Crippen molar-refractivity contribution in [1.29, 1.82) is 0 Å². The Kier molecular flexibility index (Phi) is 3.82. The van der Waals surface area contributed by atoms with E-state index in [0.717, 1.165) is 9.75 Å². The Morgan fingerprint density at radius 1 is 1.17 bits per heavy atom. The molecule has 0 aliphatic rings. The van der Waals surface area contributed by atoms with Crippen LogP contribution in [0.4, 0.5) is 0 Å². The van der Waals surface area contributed by atoms with Gasteiger partial charge in [-0.2, -0.15) is 0 Å². The molecule has 0 aliphatic heterocycles. The molecule has 0 unspecified atom stereocenters. The first-order chi connectivity index (χ1) is 8.58. The second-order valence-corrected chi connectivity index (χ2v) is 5.69. The minimum atomic E-state index is 0.0318. The second kappa shape index (κ2) is 5.36. The van der Waals surface area contributed by atoms with Gasteiger partial charge in [0.25, 0.3) is 0 Å². The Morgan fingerprint density at radius 3 is 2.50 bits per heavy atom. The molecular weight excluding hydrogens is 244 g/mol. The Balaban J connectivity index is 2.35. The van der Waals surface area contributed by atoms with Gasteiger partial charge in [0.1, 0.15) is 5.75 Å². The number of thiophene rings is 1. The maximum atomic E-state index is 12.4. The lowest BCUT2D eigenvalue weighted by Crippen LogP contribution is -2.10. The van der Waals surface area contributed by atoms with Gasteiger partial charge in [-0.1, -0.05) is 12.1 Å². The zero-order valence-corrected chi connectivity index (χ0v) is 11.6. The predicted octanol–water partition coefficient (Wildman–Crippen LogP) is 4.07. The maximum Gasteiger partial charge on any atom is 0.206 e. The number of carbonyl (C=O) groups excluding carboxylic acids is 1. The van der Waals surface area contributed by atoms with Crippen molar-refractivity contribution in [2.24, 2.45) is 0 Å². The monoisotopic (exact) mass is 260 g/mol. The highest BCUT2D eigenvalue weighted by molar-refractivity contribution is 7.14. The SMILES string of the molecule is Cc1ccc(C(=O)c2ccccc2OC(C)C)s1. The lowest BCUT2D eigenvalue weighted by molar-refractivity contribution is 0.103. The maximum absolute atomic E-state index is 12.4. The summed E-state index contributed by atoms with van der Waals surface area (Å²) in [7, 11) is 0. The lowest BCUT2D eigenvalue weighted by atomic mass is 10.1. The highest BCUT2D eigenvalue weighted by atomic mass is 32.1. The molecule has 1 aromatic heterocycles. The van der Waals surface area contributed by atoms with Crippen molar-refractivity contribution in [3.63, 3.8) is 0 Å². The first-order valence-corrected chi connectivity index (χ1v) is 6.76. The predicted molar refractivity (Wildman–Crippen MR) is 74.7 cm³/mol. The van der Waals surface area contributed by atoms with Gasteiger partial charge in [-0.25, -0.2) is 0 Å². The number of hydrogen-bond donors (Lipinski definition) is 0. The summed E-state index contributed by atoms with van der Waals surface area (Å²) >= 11 is 1.51. The van der Waals surface area contributed by atoms with Crippen LogP contribution in [-0.2, 0) is 0 Å². The fourth-order valence-corrected chi connectivity index (χ4v) is 2.52. The molecule has 1 aromatic carbocycles. The van der Waals surface area contributed by atoms with E-state index < -0.39 is 0 Å². The van der Waals surface area contributed by atoms with Crippen LogP contribution >= 0.6 is 11.3 Å². The second-order valence-electron chi connectivity index (χ2n) is 4.40. The average molecular weight is 260 g/mol. The van der Waals surface area contributed by atoms with Crippen molar-refractivity contribution < 1.29 is 9.53 Å². The number of ketones is 1. The Morgan fingerprint density at radius 2 is 1.89 bits per heavy atom. The lowest BCUT2D eigenvalue weighted by Gasteiger charge is -2.12. The molecule has 0 aliphatic carbocycles. The molecule has 2 nitrogen and oxygen atoms in total. The number of para-hydroxylation sites is 1. The molecule has 18 heavy (non-hydrogen) atoms. The average Bonchev–Trinajstić information content (AvgIpc) is 2.75. The summed E-state index contributed by atoms with van der Waals surface area (Å²) in [5, 5.41) is 0. The first-order valence-electron chi connectivity index (χ1n) is 5.94. The molecule has 0 radical (unpaired) electrons. The molecule has 0 saturated carbocycles. The highest BCUT2D eigenvalue weighted by Crippen LogP contribution is 2.25. The van der Waals surface area contributed by atoms with E-state index in [1.54, 1.807) is 0 Å². The van der Waals surface area contributed by atoms with Gasteiger partial charge in [-0.3, -0.25) is 4.79 Å². The van der Waals surface area contributed by atoms with Gasteiger partial charge in [0, 0.05) is 4.88 Å². The van der Waals surface area contributed by atoms with E-state index >= 15 is 0 Å². The fraction of sp³-hybridized carbons (Fsp3) is 0.267. The van der Waals surface area contributed by atoms with Crippen molar-refractivity contribution in [3.05, 3.63) is 51.7 Å². The summed E-state index contributed by atoms with van der Waals surface area (Å²) < 4.78 is 5.68. The normalized spacial score (nSPS) is 10.7. The molecule has 0 amide bonds. The topological polar surface area (TPSA) is 26.3 Å². The summed E-state index contributed by atoms with van der Waals surface area (Å²) in [4.78, 5) is 14.3.